The largest absolute Gasteiger partial charge is 0.478 e. The summed E-state index contributed by atoms with van der Waals surface area (Å²) in [7, 11) is 1.73. The molecule has 1 N–H and O–H groups in total. The normalized spacial score (nSPS) is 10.8. The quantitative estimate of drug-likeness (QED) is 0.803. The van der Waals surface area contributed by atoms with Crippen LogP contribution in [0.5, 0.6) is 11.5 Å². The zero-order valence-corrected chi connectivity index (χ0v) is 11.1. The summed E-state index contributed by atoms with van der Waals surface area (Å²) in [6, 6.07) is 8.48. The smallest absolute Gasteiger partial charge is 0.339 e. The Balaban J connectivity index is 2.09. The number of ether oxygens (including phenoxy) is 1. The van der Waals surface area contributed by atoms with Crippen molar-refractivity contribution >= 4 is 16.9 Å². The van der Waals surface area contributed by atoms with Crippen molar-refractivity contribution in [3.05, 3.63) is 54.0 Å². The first-order valence-corrected chi connectivity index (χ1v) is 6.17. The Labute approximate surface area is 119 Å². The van der Waals surface area contributed by atoms with E-state index < -0.39 is 5.97 Å². The Morgan fingerprint density at radius 1 is 1.29 bits per heavy atom. The second-order valence-corrected chi connectivity index (χ2v) is 4.54. The fourth-order valence-electron chi connectivity index (χ4n) is 2.06. The number of aromatic carboxylic acids is 1. The first kappa shape index (κ1) is 13.1. The first-order chi connectivity index (χ1) is 10.0. The molecule has 0 saturated carbocycles. The molecule has 0 atom stereocenters. The summed E-state index contributed by atoms with van der Waals surface area (Å²) in [6.45, 7) is 0. The molecule has 21 heavy (non-hydrogen) atoms. The van der Waals surface area contributed by atoms with Gasteiger partial charge in [0.15, 0.2) is 0 Å². The topological polar surface area (TPSA) is 64.4 Å². The summed E-state index contributed by atoms with van der Waals surface area (Å²) >= 11 is 0. The fraction of sp³-hybridized carbons (Fsp3) is 0.0667. The highest BCUT2D eigenvalue weighted by molar-refractivity contribution is 5.96. The molecule has 0 spiro atoms. The minimum Gasteiger partial charge on any atom is -0.478 e. The van der Waals surface area contributed by atoms with Crippen LogP contribution in [0.25, 0.3) is 10.9 Å². The molecule has 0 aliphatic heterocycles. The van der Waals surface area contributed by atoms with Gasteiger partial charge in [-0.2, -0.15) is 5.10 Å². The number of fused-ring (bicyclic) bond motifs is 1. The van der Waals surface area contributed by atoms with Gasteiger partial charge in [-0.25, -0.2) is 9.18 Å². The van der Waals surface area contributed by atoms with Crippen LogP contribution in [-0.2, 0) is 7.05 Å². The number of carboxylic acid groups (broad SMARTS) is 1. The van der Waals surface area contributed by atoms with Gasteiger partial charge in [-0.05, 0) is 36.4 Å². The molecular weight excluding hydrogens is 275 g/mol. The van der Waals surface area contributed by atoms with E-state index in [2.05, 4.69) is 5.10 Å². The van der Waals surface area contributed by atoms with Gasteiger partial charge in [-0.3, -0.25) is 4.68 Å². The van der Waals surface area contributed by atoms with Crippen LogP contribution in [0.4, 0.5) is 4.39 Å². The monoisotopic (exact) mass is 286 g/mol. The average molecular weight is 286 g/mol. The molecule has 0 bridgehead atoms. The summed E-state index contributed by atoms with van der Waals surface area (Å²) in [6.07, 6.45) is 1.62. The van der Waals surface area contributed by atoms with Crippen LogP contribution in [0.2, 0.25) is 0 Å². The standard InChI is InChI=1S/C15H11FN2O3/c1-18-13-7-12(15(19)20)14(6-9(13)8-17-18)21-11-4-2-10(16)3-5-11/h2-8H,1H3,(H,19,20). The van der Waals surface area contributed by atoms with Crippen LogP contribution < -0.4 is 4.74 Å². The summed E-state index contributed by atoms with van der Waals surface area (Å²) in [5.74, 6) is -0.935. The Morgan fingerprint density at radius 2 is 2.00 bits per heavy atom. The Morgan fingerprint density at radius 3 is 2.67 bits per heavy atom. The summed E-state index contributed by atoms with van der Waals surface area (Å²) in [5.41, 5.74) is 0.717. The SMILES string of the molecule is Cn1ncc2cc(Oc3ccc(F)cc3)c(C(=O)O)cc21. The van der Waals surface area contributed by atoms with E-state index in [4.69, 9.17) is 4.74 Å². The maximum absolute atomic E-state index is 12.9. The maximum Gasteiger partial charge on any atom is 0.339 e. The first-order valence-electron chi connectivity index (χ1n) is 6.17. The molecule has 106 valence electrons. The zero-order valence-electron chi connectivity index (χ0n) is 11.1. The van der Waals surface area contributed by atoms with Gasteiger partial charge in [0.1, 0.15) is 22.9 Å². The number of aromatic nitrogens is 2. The molecule has 1 heterocycles. The van der Waals surface area contributed by atoms with Crippen molar-refractivity contribution in [3.63, 3.8) is 0 Å². The van der Waals surface area contributed by atoms with Crippen LogP contribution in [0, 0.1) is 5.82 Å². The third-order valence-corrected chi connectivity index (χ3v) is 3.12. The number of hydrogen-bond acceptors (Lipinski definition) is 3. The van der Waals surface area contributed by atoms with E-state index in [1.54, 1.807) is 24.0 Å². The molecular formula is C15H11FN2O3. The molecule has 2 aromatic carbocycles. The number of nitrogens with zero attached hydrogens (tertiary/aromatic N) is 2. The highest BCUT2D eigenvalue weighted by Crippen LogP contribution is 2.30. The van der Waals surface area contributed by atoms with Gasteiger partial charge >= 0.3 is 5.97 Å². The van der Waals surface area contributed by atoms with Crippen LogP contribution in [-0.4, -0.2) is 20.9 Å². The van der Waals surface area contributed by atoms with Crippen LogP contribution in [0.15, 0.2) is 42.6 Å². The Hall–Kier alpha value is -2.89. The molecule has 3 aromatic rings. The van der Waals surface area contributed by atoms with Crippen molar-refractivity contribution in [2.24, 2.45) is 7.05 Å². The lowest BCUT2D eigenvalue weighted by Gasteiger charge is -2.09. The summed E-state index contributed by atoms with van der Waals surface area (Å²) < 4.78 is 20.0. The minimum absolute atomic E-state index is 0.0235. The lowest BCUT2D eigenvalue weighted by atomic mass is 10.1. The predicted molar refractivity (Wildman–Crippen MR) is 74.1 cm³/mol. The van der Waals surface area contributed by atoms with Gasteiger partial charge in [0.05, 0.1) is 11.7 Å². The number of halogens is 1. The Kier molecular flexibility index (Phi) is 3.06. The van der Waals surface area contributed by atoms with E-state index in [9.17, 15) is 14.3 Å². The highest BCUT2D eigenvalue weighted by atomic mass is 19.1. The van der Waals surface area contributed by atoms with Crippen molar-refractivity contribution in [2.45, 2.75) is 0 Å². The third-order valence-electron chi connectivity index (χ3n) is 3.12. The maximum atomic E-state index is 12.9. The van der Waals surface area contributed by atoms with E-state index in [-0.39, 0.29) is 17.1 Å². The molecule has 0 saturated heterocycles. The van der Waals surface area contributed by atoms with E-state index in [1.807, 2.05) is 0 Å². The molecule has 1 aromatic heterocycles. The molecule has 6 heteroatoms. The van der Waals surface area contributed by atoms with Gasteiger partial charge in [-0.1, -0.05) is 0 Å². The van der Waals surface area contributed by atoms with E-state index >= 15 is 0 Å². The van der Waals surface area contributed by atoms with E-state index in [1.165, 1.54) is 30.3 Å². The van der Waals surface area contributed by atoms with Crippen LogP contribution in [0.3, 0.4) is 0 Å². The molecule has 0 aliphatic carbocycles. The second kappa shape index (κ2) is 4.90. The molecule has 0 aliphatic rings. The van der Waals surface area contributed by atoms with Gasteiger partial charge < -0.3 is 9.84 Å². The summed E-state index contributed by atoms with van der Waals surface area (Å²) in [4.78, 5) is 11.4. The molecule has 0 unspecified atom stereocenters. The van der Waals surface area contributed by atoms with Crippen molar-refractivity contribution in [1.82, 2.24) is 9.78 Å². The highest BCUT2D eigenvalue weighted by Gasteiger charge is 2.15. The van der Waals surface area contributed by atoms with Crippen molar-refractivity contribution in [2.75, 3.05) is 0 Å². The predicted octanol–water partition coefficient (Wildman–Crippen LogP) is 3.20. The minimum atomic E-state index is -1.10. The summed E-state index contributed by atoms with van der Waals surface area (Å²) in [5, 5.41) is 14.1. The fourth-order valence-corrected chi connectivity index (χ4v) is 2.06. The van der Waals surface area contributed by atoms with Crippen LogP contribution >= 0.6 is 0 Å². The van der Waals surface area contributed by atoms with Crippen LogP contribution in [0.1, 0.15) is 10.4 Å². The van der Waals surface area contributed by atoms with Gasteiger partial charge in [0.25, 0.3) is 0 Å². The number of benzene rings is 2. The number of hydrogen-bond donors (Lipinski definition) is 1. The van der Waals surface area contributed by atoms with Crippen molar-refractivity contribution in [3.8, 4) is 11.5 Å². The van der Waals surface area contributed by atoms with Gasteiger partial charge in [-0.15, -0.1) is 0 Å². The lowest BCUT2D eigenvalue weighted by molar-refractivity contribution is 0.0694. The van der Waals surface area contributed by atoms with Gasteiger partial charge in [0, 0.05) is 12.4 Å². The molecule has 3 rings (SSSR count). The molecule has 0 radical (unpaired) electrons. The molecule has 0 fully saturated rings. The third kappa shape index (κ3) is 2.43. The Bertz CT molecular complexity index is 825. The molecule has 0 amide bonds. The number of rotatable bonds is 3. The number of carboxylic acids is 1. The van der Waals surface area contributed by atoms with Crippen molar-refractivity contribution in [1.29, 1.82) is 0 Å². The number of carbonyl (C=O) groups is 1. The lowest BCUT2D eigenvalue weighted by Crippen LogP contribution is -2.01. The van der Waals surface area contributed by atoms with E-state index in [0.717, 1.165) is 5.39 Å². The number of aryl methyl sites for hydroxylation is 1. The zero-order chi connectivity index (χ0) is 15.0. The molecule has 5 nitrogen and oxygen atoms in total. The van der Waals surface area contributed by atoms with Crippen molar-refractivity contribution < 1.29 is 19.0 Å². The van der Waals surface area contributed by atoms with Gasteiger partial charge in [0.2, 0.25) is 0 Å². The van der Waals surface area contributed by atoms with E-state index in [0.29, 0.717) is 11.3 Å². The second-order valence-electron chi connectivity index (χ2n) is 4.54. The average Bonchev–Trinajstić information content (AvgIpc) is 2.81.